The fraction of sp³-hybridized carbons (Fsp3) is 0.360. The predicted octanol–water partition coefficient (Wildman–Crippen LogP) is 4.13. The Hall–Kier alpha value is -3.17. The van der Waals surface area contributed by atoms with E-state index in [2.05, 4.69) is 23.2 Å². The highest BCUT2D eigenvalue weighted by molar-refractivity contribution is 5.92. The summed E-state index contributed by atoms with van der Waals surface area (Å²) in [6, 6.07) is 12.0. The van der Waals surface area contributed by atoms with Crippen molar-refractivity contribution in [3.8, 4) is 0 Å². The van der Waals surface area contributed by atoms with Crippen molar-refractivity contribution in [2.75, 3.05) is 38.0 Å². The van der Waals surface area contributed by atoms with Gasteiger partial charge in [-0.15, -0.1) is 0 Å². The summed E-state index contributed by atoms with van der Waals surface area (Å²) in [5.74, 6) is -0.355. The van der Waals surface area contributed by atoms with Crippen LogP contribution in [-0.2, 0) is 23.9 Å². The molecule has 1 saturated heterocycles. The third-order valence-corrected chi connectivity index (χ3v) is 6.00. The third-order valence-electron chi connectivity index (χ3n) is 6.00. The number of hydrogen-bond acceptors (Lipinski definition) is 5. The molecule has 2 heterocycles. The summed E-state index contributed by atoms with van der Waals surface area (Å²) in [4.78, 5) is 28.5. The van der Waals surface area contributed by atoms with E-state index in [-0.39, 0.29) is 23.8 Å². The minimum Gasteiger partial charge on any atom is -0.423 e. The smallest absolute Gasteiger partial charge is 0.416 e. The molecule has 9 heteroatoms. The van der Waals surface area contributed by atoms with E-state index in [1.807, 2.05) is 17.0 Å². The molecule has 0 atom stereocenters. The van der Waals surface area contributed by atoms with Crippen molar-refractivity contribution in [2.24, 2.45) is 0 Å². The first-order valence-electron chi connectivity index (χ1n) is 11.2. The van der Waals surface area contributed by atoms with Crippen LogP contribution >= 0.6 is 0 Å². The average molecular weight is 473 g/mol. The minimum atomic E-state index is -4.46. The van der Waals surface area contributed by atoms with E-state index in [4.69, 9.17) is 4.42 Å². The lowest BCUT2D eigenvalue weighted by Gasteiger charge is -2.34. The number of amides is 1. The normalized spacial score (nSPS) is 15.5. The second kappa shape index (κ2) is 9.99. The van der Waals surface area contributed by atoms with Gasteiger partial charge in [-0.3, -0.25) is 14.6 Å². The van der Waals surface area contributed by atoms with E-state index in [1.54, 1.807) is 0 Å². The Morgan fingerprint density at radius 1 is 1.03 bits per heavy atom. The van der Waals surface area contributed by atoms with Crippen LogP contribution in [0.15, 0.2) is 57.7 Å². The van der Waals surface area contributed by atoms with Gasteiger partial charge in [-0.05, 0) is 47.9 Å². The quantitative estimate of drug-likeness (QED) is 0.546. The maximum atomic E-state index is 12.9. The molecule has 0 bridgehead atoms. The number of anilines is 1. The second-order valence-corrected chi connectivity index (χ2v) is 8.45. The third kappa shape index (κ3) is 5.84. The molecule has 34 heavy (non-hydrogen) atoms. The molecule has 1 N–H and O–H groups in total. The van der Waals surface area contributed by atoms with Gasteiger partial charge in [-0.25, -0.2) is 4.79 Å². The lowest BCUT2D eigenvalue weighted by molar-refractivity contribution is -0.137. The van der Waals surface area contributed by atoms with E-state index in [0.29, 0.717) is 38.3 Å². The number of benzene rings is 2. The number of aryl methyl sites for hydroxylation is 1. The van der Waals surface area contributed by atoms with Crippen molar-refractivity contribution in [2.45, 2.75) is 26.1 Å². The molecule has 1 aromatic heterocycles. The molecule has 3 aromatic rings. The number of fused-ring (bicyclic) bond motifs is 1. The standard InChI is InChI=1S/C25H26F3N3O3/c1-2-17-6-7-22-21(12-17)18(13-24(33)34-22)15-30-8-10-31(11-9-30)16-23(32)29-20-5-3-4-19(14-20)25(26,27)28/h3-7,12-14H,2,8-11,15-16H2,1H3,(H,29,32). The summed E-state index contributed by atoms with van der Waals surface area (Å²) in [5.41, 5.74) is 1.60. The van der Waals surface area contributed by atoms with Crippen LogP contribution in [0.1, 0.15) is 23.6 Å². The van der Waals surface area contributed by atoms with Gasteiger partial charge in [0.1, 0.15) is 5.58 Å². The molecule has 6 nitrogen and oxygen atoms in total. The zero-order valence-corrected chi connectivity index (χ0v) is 18.8. The molecule has 0 spiro atoms. The Balaban J connectivity index is 1.34. The van der Waals surface area contributed by atoms with Crippen LogP contribution in [0, 0.1) is 0 Å². The number of piperazine rings is 1. The molecule has 1 amide bonds. The molecule has 2 aromatic carbocycles. The highest BCUT2D eigenvalue weighted by atomic mass is 19.4. The first-order valence-corrected chi connectivity index (χ1v) is 11.2. The molecule has 1 aliphatic heterocycles. The van der Waals surface area contributed by atoms with Crippen LogP contribution in [0.5, 0.6) is 0 Å². The van der Waals surface area contributed by atoms with Gasteiger partial charge >= 0.3 is 11.8 Å². The molecule has 4 rings (SSSR count). The molecule has 1 aliphatic rings. The topological polar surface area (TPSA) is 65.8 Å². The lowest BCUT2D eigenvalue weighted by Crippen LogP contribution is -2.48. The molecular weight excluding hydrogens is 447 g/mol. The lowest BCUT2D eigenvalue weighted by atomic mass is 10.0. The van der Waals surface area contributed by atoms with Crippen LogP contribution in [-0.4, -0.2) is 48.4 Å². The van der Waals surface area contributed by atoms with Gasteiger partial charge in [0.15, 0.2) is 0 Å². The summed E-state index contributed by atoms with van der Waals surface area (Å²) in [6.07, 6.45) is -3.57. The fourth-order valence-corrected chi connectivity index (χ4v) is 4.15. The number of rotatable bonds is 6. The van der Waals surface area contributed by atoms with E-state index < -0.39 is 11.7 Å². The number of alkyl halides is 3. The van der Waals surface area contributed by atoms with Crippen molar-refractivity contribution < 1.29 is 22.4 Å². The van der Waals surface area contributed by atoms with Gasteiger partial charge in [-0.2, -0.15) is 13.2 Å². The van der Waals surface area contributed by atoms with Crippen LogP contribution in [0.25, 0.3) is 11.0 Å². The molecule has 0 aliphatic carbocycles. The maximum absolute atomic E-state index is 12.9. The number of carbonyl (C=O) groups is 1. The largest absolute Gasteiger partial charge is 0.423 e. The highest BCUT2D eigenvalue weighted by Crippen LogP contribution is 2.30. The zero-order chi connectivity index (χ0) is 24.3. The molecule has 1 fully saturated rings. The Morgan fingerprint density at radius 2 is 1.76 bits per heavy atom. The van der Waals surface area contributed by atoms with Gasteiger partial charge in [0.2, 0.25) is 5.91 Å². The van der Waals surface area contributed by atoms with E-state index >= 15 is 0 Å². The van der Waals surface area contributed by atoms with Gasteiger partial charge in [0.25, 0.3) is 0 Å². The van der Waals surface area contributed by atoms with Crippen LogP contribution in [0.4, 0.5) is 18.9 Å². The number of nitrogens with zero attached hydrogens (tertiary/aromatic N) is 2. The van der Waals surface area contributed by atoms with Crippen molar-refractivity contribution in [3.63, 3.8) is 0 Å². The van der Waals surface area contributed by atoms with E-state index in [1.165, 1.54) is 23.8 Å². The van der Waals surface area contributed by atoms with E-state index in [9.17, 15) is 22.8 Å². The van der Waals surface area contributed by atoms with Crippen LogP contribution < -0.4 is 10.9 Å². The maximum Gasteiger partial charge on any atom is 0.416 e. The number of halogens is 3. The van der Waals surface area contributed by atoms with Gasteiger partial charge in [0, 0.05) is 49.9 Å². The van der Waals surface area contributed by atoms with Crippen molar-refractivity contribution in [1.29, 1.82) is 0 Å². The zero-order valence-electron chi connectivity index (χ0n) is 18.8. The fourth-order valence-electron chi connectivity index (χ4n) is 4.15. The van der Waals surface area contributed by atoms with Crippen LogP contribution in [0.3, 0.4) is 0 Å². The predicted molar refractivity (Wildman–Crippen MR) is 124 cm³/mol. The molecule has 0 saturated carbocycles. The average Bonchev–Trinajstić information content (AvgIpc) is 2.79. The number of carbonyl (C=O) groups excluding carboxylic acids is 1. The number of nitrogens with one attached hydrogen (secondary N) is 1. The molecule has 0 unspecified atom stereocenters. The molecular formula is C25H26F3N3O3. The molecule has 0 radical (unpaired) electrons. The summed E-state index contributed by atoms with van der Waals surface area (Å²) >= 11 is 0. The minimum absolute atomic E-state index is 0.0990. The van der Waals surface area contributed by atoms with Crippen molar-refractivity contribution in [3.05, 3.63) is 75.6 Å². The summed E-state index contributed by atoms with van der Waals surface area (Å²) in [5, 5.41) is 3.48. The van der Waals surface area contributed by atoms with Crippen LogP contribution in [0.2, 0.25) is 0 Å². The van der Waals surface area contributed by atoms with Gasteiger partial charge < -0.3 is 9.73 Å². The molecule has 180 valence electrons. The summed E-state index contributed by atoms with van der Waals surface area (Å²) < 4.78 is 43.9. The Kier molecular flexibility index (Phi) is 7.04. The second-order valence-electron chi connectivity index (χ2n) is 8.45. The van der Waals surface area contributed by atoms with Gasteiger partial charge in [0.05, 0.1) is 12.1 Å². The Morgan fingerprint density at radius 3 is 2.47 bits per heavy atom. The highest BCUT2D eigenvalue weighted by Gasteiger charge is 2.30. The summed E-state index contributed by atoms with van der Waals surface area (Å²) in [7, 11) is 0. The first kappa shape index (κ1) is 24.0. The number of hydrogen-bond donors (Lipinski definition) is 1. The Labute approximate surface area is 195 Å². The SMILES string of the molecule is CCc1ccc2oc(=O)cc(CN3CCN(CC(=O)Nc4cccc(C(F)(F)F)c4)CC3)c2c1. The summed E-state index contributed by atoms with van der Waals surface area (Å²) in [6.45, 7) is 5.44. The van der Waals surface area contributed by atoms with Gasteiger partial charge in [-0.1, -0.05) is 19.1 Å². The monoisotopic (exact) mass is 473 g/mol. The van der Waals surface area contributed by atoms with Crippen molar-refractivity contribution in [1.82, 2.24) is 9.80 Å². The first-order chi connectivity index (χ1) is 16.2. The van der Waals surface area contributed by atoms with Crippen molar-refractivity contribution >= 4 is 22.6 Å². The Bertz CT molecular complexity index is 1230. The van der Waals surface area contributed by atoms with E-state index in [0.717, 1.165) is 29.5 Å².